The molecule has 2 unspecified atom stereocenters. The van der Waals surface area contributed by atoms with E-state index in [1.54, 1.807) is 17.8 Å². The summed E-state index contributed by atoms with van der Waals surface area (Å²) in [6.45, 7) is 4.39. The van der Waals surface area contributed by atoms with Crippen molar-refractivity contribution >= 4 is 11.8 Å². The molecule has 148 valence electrons. The maximum absolute atomic E-state index is 12.9. The highest BCUT2D eigenvalue weighted by Gasteiger charge is 2.35. The van der Waals surface area contributed by atoms with Crippen LogP contribution in [0.15, 0.2) is 22.0 Å². The molecule has 3 heterocycles. The predicted molar refractivity (Wildman–Crippen MR) is 102 cm³/mol. The van der Waals surface area contributed by atoms with Crippen LogP contribution in [-0.2, 0) is 13.1 Å². The van der Waals surface area contributed by atoms with Gasteiger partial charge in [0.2, 0.25) is 0 Å². The number of aryl methyl sites for hydroxylation is 2. The molecule has 0 radical (unpaired) electrons. The van der Waals surface area contributed by atoms with Crippen LogP contribution in [0.3, 0.4) is 0 Å². The second-order valence-corrected chi connectivity index (χ2v) is 8.26. The van der Waals surface area contributed by atoms with Crippen LogP contribution in [0.1, 0.15) is 42.8 Å². The number of aromatic nitrogens is 5. The average Bonchev–Trinajstić information content (AvgIpc) is 3.26. The van der Waals surface area contributed by atoms with E-state index in [0.717, 1.165) is 24.0 Å². The van der Waals surface area contributed by atoms with E-state index in [2.05, 4.69) is 17.2 Å². The van der Waals surface area contributed by atoms with Gasteiger partial charge >= 0.3 is 5.69 Å². The lowest BCUT2D eigenvalue weighted by Crippen LogP contribution is -2.41. The average molecular weight is 395 g/mol. The van der Waals surface area contributed by atoms with Crippen molar-refractivity contribution in [3.63, 3.8) is 0 Å². The molecule has 0 amide bonds. The zero-order valence-electron chi connectivity index (χ0n) is 15.5. The molecular weight excluding hydrogens is 370 g/mol. The Morgan fingerprint density at radius 1 is 1.33 bits per heavy atom. The molecule has 0 aromatic carbocycles. The van der Waals surface area contributed by atoms with E-state index in [1.165, 1.54) is 22.5 Å². The highest BCUT2D eigenvalue weighted by Crippen LogP contribution is 2.40. The number of aliphatic hydroxyl groups excluding tert-OH is 2. The number of hydrogen-bond acceptors (Lipinski definition) is 7. The second kappa shape index (κ2) is 8.41. The number of rotatable bonds is 7. The molecule has 3 atom stereocenters. The maximum Gasteiger partial charge on any atom is 0.332 e. The third kappa shape index (κ3) is 4.17. The third-order valence-corrected chi connectivity index (χ3v) is 6.25. The topological polar surface area (TPSA) is 115 Å². The Bertz CT molecular complexity index is 905. The summed E-state index contributed by atoms with van der Waals surface area (Å²) in [7, 11) is 0. The molecule has 1 aliphatic rings. The largest absolute Gasteiger partial charge is 0.395 e. The van der Waals surface area contributed by atoms with Crippen molar-refractivity contribution in [2.45, 2.75) is 62.9 Å². The Hall–Kier alpha value is -1.91. The first-order chi connectivity index (χ1) is 12.9. The van der Waals surface area contributed by atoms with E-state index in [1.807, 2.05) is 0 Å². The highest BCUT2D eigenvalue weighted by molar-refractivity contribution is 8.00. The first kappa shape index (κ1) is 19.8. The second-order valence-electron chi connectivity index (χ2n) is 6.83. The summed E-state index contributed by atoms with van der Waals surface area (Å²) >= 11 is 1.34. The monoisotopic (exact) mass is 395 g/mol. The molecule has 10 heteroatoms. The number of unbranched alkanes of at least 4 members (excludes halogenated alkanes) is 1. The zero-order valence-corrected chi connectivity index (χ0v) is 16.3. The van der Waals surface area contributed by atoms with Crippen molar-refractivity contribution in [2.24, 2.45) is 0 Å². The first-order valence-electron chi connectivity index (χ1n) is 9.10. The molecule has 9 nitrogen and oxygen atoms in total. The van der Waals surface area contributed by atoms with Gasteiger partial charge in [-0.1, -0.05) is 18.6 Å². The zero-order chi connectivity index (χ0) is 19.6. The summed E-state index contributed by atoms with van der Waals surface area (Å²) in [5.41, 5.74) is 0.184. The SMILES string of the molecule is CCCCn1cc(Cn2c(=O)c(C)cn(C3CC(O)[C@@H](CO)S3)c2=O)nn1. The first-order valence-corrected chi connectivity index (χ1v) is 10.0. The molecule has 0 aliphatic carbocycles. The molecule has 2 N–H and O–H groups in total. The van der Waals surface area contributed by atoms with Gasteiger partial charge in [-0.25, -0.2) is 4.79 Å². The van der Waals surface area contributed by atoms with Crippen LogP contribution < -0.4 is 11.2 Å². The Morgan fingerprint density at radius 3 is 2.78 bits per heavy atom. The summed E-state index contributed by atoms with van der Waals surface area (Å²) in [5.74, 6) is 0. The van der Waals surface area contributed by atoms with Gasteiger partial charge in [-0.15, -0.1) is 16.9 Å². The Kier molecular flexibility index (Phi) is 6.18. The lowest BCUT2D eigenvalue weighted by atomic mass is 10.2. The van der Waals surface area contributed by atoms with Crippen molar-refractivity contribution in [3.8, 4) is 0 Å². The minimum absolute atomic E-state index is 0.0504. The van der Waals surface area contributed by atoms with Gasteiger partial charge in [0.1, 0.15) is 5.69 Å². The molecule has 0 bridgehead atoms. The van der Waals surface area contributed by atoms with Gasteiger partial charge in [0, 0.05) is 24.7 Å². The molecule has 1 saturated heterocycles. The smallest absolute Gasteiger partial charge is 0.332 e. The maximum atomic E-state index is 12.9. The fourth-order valence-electron chi connectivity index (χ4n) is 3.16. The molecular formula is C17H25N5O4S. The molecule has 0 spiro atoms. The Balaban J connectivity index is 1.90. The van der Waals surface area contributed by atoms with E-state index >= 15 is 0 Å². The van der Waals surface area contributed by atoms with Gasteiger partial charge in [0.25, 0.3) is 5.56 Å². The van der Waals surface area contributed by atoms with Crippen molar-refractivity contribution in [2.75, 3.05) is 6.61 Å². The van der Waals surface area contributed by atoms with E-state index in [9.17, 15) is 19.8 Å². The standard InChI is InChI=1S/C17H25N5O4S/c1-3-4-5-20-8-12(18-19-20)9-22-16(25)11(2)7-21(17(22)26)15-6-13(24)14(10-23)27-15/h7-8,13-15,23-24H,3-6,9-10H2,1-2H3/t13?,14-,15?/m1/s1. The summed E-state index contributed by atoms with van der Waals surface area (Å²) in [6.07, 6.45) is 4.97. The van der Waals surface area contributed by atoms with Crippen LogP contribution in [-0.4, -0.2) is 52.3 Å². The van der Waals surface area contributed by atoms with Crippen molar-refractivity contribution < 1.29 is 10.2 Å². The fourth-order valence-corrected chi connectivity index (χ4v) is 4.53. The van der Waals surface area contributed by atoms with Gasteiger partial charge in [-0.3, -0.25) is 18.6 Å². The Labute approximate surface area is 160 Å². The molecule has 27 heavy (non-hydrogen) atoms. The van der Waals surface area contributed by atoms with Gasteiger partial charge in [0.05, 0.1) is 36.1 Å². The van der Waals surface area contributed by atoms with Crippen molar-refractivity contribution in [3.05, 3.63) is 44.5 Å². The van der Waals surface area contributed by atoms with Crippen LogP contribution in [0.25, 0.3) is 0 Å². The molecule has 0 saturated carbocycles. The highest BCUT2D eigenvalue weighted by atomic mass is 32.2. The van der Waals surface area contributed by atoms with Gasteiger partial charge in [-0.05, 0) is 13.3 Å². The fraction of sp³-hybridized carbons (Fsp3) is 0.647. The lowest BCUT2D eigenvalue weighted by Gasteiger charge is -2.16. The predicted octanol–water partition coefficient (Wildman–Crippen LogP) is 0.116. The van der Waals surface area contributed by atoms with Crippen molar-refractivity contribution in [1.82, 2.24) is 24.1 Å². The molecule has 2 aromatic rings. The van der Waals surface area contributed by atoms with E-state index in [0.29, 0.717) is 17.7 Å². The quantitative estimate of drug-likeness (QED) is 0.684. The number of aliphatic hydroxyl groups is 2. The van der Waals surface area contributed by atoms with Crippen LogP contribution in [0.2, 0.25) is 0 Å². The van der Waals surface area contributed by atoms with E-state index in [-0.39, 0.29) is 29.3 Å². The molecule has 2 aromatic heterocycles. The minimum atomic E-state index is -0.684. The van der Waals surface area contributed by atoms with Crippen LogP contribution in [0.4, 0.5) is 0 Å². The lowest BCUT2D eigenvalue weighted by molar-refractivity contribution is 0.137. The van der Waals surface area contributed by atoms with Crippen LogP contribution in [0, 0.1) is 6.92 Å². The summed E-state index contributed by atoms with van der Waals surface area (Å²) in [4.78, 5) is 25.5. The van der Waals surface area contributed by atoms with Crippen LogP contribution in [0.5, 0.6) is 0 Å². The Morgan fingerprint density at radius 2 is 2.11 bits per heavy atom. The van der Waals surface area contributed by atoms with Gasteiger partial charge in [-0.2, -0.15) is 0 Å². The van der Waals surface area contributed by atoms with Gasteiger partial charge < -0.3 is 10.2 Å². The van der Waals surface area contributed by atoms with Crippen molar-refractivity contribution in [1.29, 1.82) is 0 Å². The minimum Gasteiger partial charge on any atom is -0.395 e. The van der Waals surface area contributed by atoms with Crippen LogP contribution >= 0.6 is 11.8 Å². The van der Waals surface area contributed by atoms with E-state index < -0.39 is 11.8 Å². The molecule has 3 rings (SSSR count). The number of hydrogen-bond donors (Lipinski definition) is 2. The number of nitrogens with zero attached hydrogens (tertiary/aromatic N) is 5. The normalized spacial score (nSPS) is 22.4. The molecule has 1 fully saturated rings. The van der Waals surface area contributed by atoms with E-state index in [4.69, 9.17) is 0 Å². The number of thioether (sulfide) groups is 1. The third-order valence-electron chi connectivity index (χ3n) is 4.71. The summed E-state index contributed by atoms with van der Waals surface area (Å²) in [5, 5.41) is 26.8. The molecule has 1 aliphatic heterocycles. The summed E-state index contributed by atoms with van der Waals surface area (Å²) in [6, 6.07) is 0. The van der Waals surface area contributed by atoms with Gasteiger partial charge in [0.15, 0.2) is 0 Å². The summed E-state index contributed by atoms with van der Waals surface area (Å²) < 4.78 is 4.34.